The highest BCUT2D eigenvalue weighted by Crippen LogP contribution is 2.41. The zero-order valence-corrected chi connectivity index (χ0v) is 19.3. The summed E-state index contributed by atoms with van der Waals surface area (Å²) in [6.07, 6.45) is 3.52. The molecule has 0 bridgehead atoms. The van der Waals surface area contributed by atoms with Crippen molar-refractivity contribution in [3.8, 4) is 11.6 Å². The van der Waals surface area contributed by atoms with Crippen LogP contribution in [0.4, 0.5) is 26.3 Å². The lowest BCUT2D eigenvalue weighted by atomic mass is 9.96. The highest BCUT2D eigenvalue weighted by atomic mass is 32.2. The predicted octanol–water partition coefficient (Wildman–Crippen LogP) is 4.52. The van der Waals surface area contributed by atoms with E-state index >= 15 is 0 Å². The lowest BCUT2D eigenvalue weighted by Crippen LogP contribution is -2.29. The number of aromatic nitrogens is 3. The van der Waals surface area contributed by atoms with E-state index in [-0.39, 0.29) is 28.8 Å². The number of pyridine rings is 1. The summed E-state index contributed by atoms with van der Waals surface area (Å²) in [6, 6.07) is -0.119. The van der Waals surface area contributed by atoms with E-state index in [2.05, 4.69) is 18.4 Å². The molecule has 2 aromatic rings. The molecule has 0 aromatic carbocycles. The average Bonchev–Trinajstić information content (AvgIpc) is 3.06. The second kappa shape index (κ2) is 8.73. The number of hydrogen-bond donors (Lipinski definition) is 0. The van der Waals surface area contributed by atoms with Crippen LogP contribution >= 0.6 is 0 Å². The predicted molar refractivity (Wildman–Crippen MR) is 105 cm³/mol. The summed E-state index contributed by atoms with van der Waals surface area (Å²) in [7, 11) is -12.6. The van der Waals surface area contributed by atoms with Crippen LogP contribution in [-0.2, 0) is 20.2 Å². The van der Waals surface area contributed by atoms with Crippen molar-refractivity contribution in [1.82, 2.24) is 14.8 Å². The van der Waals surface area contributed by atoms with Crippen molar-refractivity contribution in [2.75, 3.05) is 0 Å². The summed E-state index contributed by atoms with van der Waals surface area (Å²) in [5, 5.41) is 4.01. The standard InChI is InChI=1S/C17H19F6N3O6S2/c1-9(2)14-13-11(31-33(27,28)16(18,19)20)8-12(32-34(29,30)17(21,22)23)24-15(13)26(25-14)10-6-4-3-5-7-10/h8-10H,3-7H2,1-2H3. The van der Waals surface area contributed by atoms with Crippen molar-refractivity contribution in [2.24, 2.45) is 0 Å². The van der Waals surface area contributed by atoms with Gasteiger partial charge >= 0.3 is 31.3 Å². The SMILES string of the molecule is CC(C)c1nn(C2CCCCC2)c2nc(OS(=O)(=O)C(F)(F)F)cc(OS(=O)(=O)C(F)(F)F)c12. The van der Waals surface area contributed by atoms with E-state index in [9.17, 15) is 43.2 Å². The zero-order chi connectivity index (χ0) is 25.7. The summed E-state index contributed by atoms with van der Waals surface area (Å²) in [5.74, 6) is -2.94. The molecule has 1 aliphatic rings. The van der Waals surface area contributed by atoms with Crippen LogP contribution in [0.1, 0.15) is 63.6 Å². The maximum Gasteiger partial charge on any atom is 0.534 e. The Labute approximate surface area is 190 Å². The third-order valence-corrected chi connectivity index (χ3v) is 6.98. The second-order valence-electron chi connectivity index (χ2n) is 7.90. The largest absolute Gasteiger partial charge is 0.534 e. The summed E-state index contributed by atoms with van der Waals surface area (Å²) in [5.41, 5.74) is -12.1. The Bertz CT molecular complexity index is 1280. The Morgan fingerprint density at radius 1 is 0.941 bits per heavy atom. The first-order valence-electron chi connectivity index (χ1n) is 9.89. The van der Waals surface area contributed by atoms with Gasteiger partial charge in [-0.05, 0) is 18.8 Å². The van der Waals surface area contributed by atoms with Crippen LogP contribution in [0.3, 0.4) is 0 Å². The minimum Gasteiger partial charge on any atom is -0.375 e. The van der Waals surface area contributed by atoms with Gasteiger partial charge in [-0.2, -0.15) is 53.3 Å². The average molecular weight is 539 g/mol. The van der Waals surface area contributed by atoms with Gasteiger partial charge in [-0.3, -0.25) is 0 Å². The van der Waals surface area contributed by atoms with Crippen LogP contribution < -0.4 is 8.37 Å². The molecule has 3 rings (SSSR count). The molecule has 0 radical (unpaired) electrons. The van der Waals surface area contributed by atoms with Gasteiger partial charge in [0.05, 0.1) is 17.1 Å². The molecule has 1 aliphatic carbocycles. The van der Waals surface area contributed by atoms with Gasteiger partial charge in [-0.25, -0.2) is 4.68 Å². The topological polar surface area (TPSA) is 117 Å². The molecule has 0 N–H and O–H groups in total. The molecule has 1 fully saturated rings. The Morgan fingerprint density at radius 2 is 1.47 bits per heavy atom. The normalized spacial score (nSPS) is 16.9. The third kappa shape index (κ3) is 5.04. The fourth-order valence-corrected chi connectivity index (χ4v) is 4.39. The molecule has 192 valence electrons. The quantitative estimate of drug-likeness (QED) is 0.299. The molecule has 0 aliphatic heterocycles. The van der Waals surface area contributed by atoms with Gasteiger partial charge < -0.3 is 8.37 Å². The van der Waals surface area contributed by atoms with Crippen molar-refractivity contribution < 1.29 is 51.5 Å². The molecular formula is C17H19F6N3O6S2. The van der Waals surface area contributed by atoms with E-state index in [1.54, 1.807) is 13.8 Å². The lowest BCUT2D eigenvalue weighted by Gasteiger charge is -2.22. The fourth-order valence-electron chi connectivity index (χ4n) is 3.52. The van der Waals surface area contributed by atoms with Gasteiger partial charge in [-0.15, -0.1) is 0 Å². The van der Waals surface area contributed by atoms with Crippen LogP contribution in [0, 0.1) is 0 Å². The first-order chi connectivity index (χ1) is 15.4. The van der Waals surface area contributed by atoms with Crippen LogP contribution in [0.25, 0.3) is 11.0 Å². The molecule has 2 heterocycles. The highest BCUT2D eigenvalue weighted by Gasteiger charge is 2.50. The zero-order valence-electron chi connectivity index (χ0n) is 17.6. The number of rotatable bonds is 6. The Morgan fingerprint density at radius 3 is 1.97 bits per heavy atom. The van der Waals surface area contributed by atoms with E-state index in [0.29, 0.717) is 12.8 Å². The van der Waals surface area contributed by atoms with Crippen molar-refractivity contribution in [2.45, 2.75) is 68.9 Å². The first-order valence-corrected chi connectivity index (χ1v) is 12.7. The Hall–Kier alpha value is -2.30. The van der Waals surface area contributed by atoms with Crippen LogP contribution in [0.2, 0.25) is 0 Å². The maximum atomic E-state index is 13.0. The van der Waals surface area contributed by atoms with Gasteiger partial charge in [0, 0.05) is 6.07 Å². The van der Waals surface area contributed by atoms with Crippen LogP contribution in [0.5, 0.6) is 11.6 Å². The van der Waals surface area contributed by atoms with Gasteiger partial charge in [0.2, 0.25) is 5.88 Å². The number of nitrogens with zero attached hydrogens (tertiary/aromatic N) is 3. The van der Waals surface area contributed by atoms with Gasteiger partial charge in [-0.1, -0.05) is 33.1 Å². The summed E-state index contributed by atoms with van der Waals surface area (Å²) in [4.78, 5) is 3.75. The van der Waals surface area contributed by atoms with E-state index in [1.165, 1.54) is 4.68 Å². The van der Waals surface area contributed by atoms with Crippen LogP contribution in [0.15, 0.2) is 6.07 Å². The molecule has 0 unspecified atom stereocenters. The molecule has 0 amide bonds. The van der Waals surface area contributed by atoms with E-state index < -0.39 is 48.8 Å². The van der Waals surface area contributed by atoms with E-state index in [4.69, 9.17) is 0 Å². The lowest BCUT2D eigenvalue weighted by molar-refractivity contribution is -0.0503. The number of fused-ring (bicyclic) bond motifs is 1. The second-order valence-corrected chi connectivity index (χ2v) is 11.0. The Balaban J connectivity index is 2.30. The third-order valence-electron chi connectivity index (χ3n) is 5.06. The fraction of sp³-hybridized carbons (Fsp3) is 0.647. The minimum atomic E-state index is -6.28. The maximum absolute atomic E-state index is 13.0. The van der Waals surface area contributed by atoms with Gasteiger partial charge in [0.25, 0.3) is 0 Å². The molecule has 2 aromatic heterocycles. The number of halogens is 6. The smallest absolute Gasteiger partial charge is 0.375 e. The highest BCUT2D eigenvalue weighted by molar-refractivity contribution is 7.88. The minimum absolute atomic E-state index is 0.0608. The number of alkyl halides is 6. The molecule has 9 nitrogen and oxygen atoms in total. The van der Waals surface area contributed by atoms with Crippen molar-refractivity contribution in [3.63, 3.8) is 0 Å². The molecule has 0 saturated heterocycles. The van der Waals surface area contributed by atoms with E-state index in [0.717, 1.165) is 19.3 Å². The molecule has 0 atom stereocenters. The van der Waals surface area contributed by atoms with Crippen molar-refractivity contribution in [3.05, 3.63) is 11.8 Å². The van der Waals surface area contributed by atoms with Crippen molar-refractivity contribution >= 4 is 31.3 Å². The molecule has 0 spiro atoms. The molecule has 1 saturated carbocycles. The molecule has 34 heavy (non-hydrogen) atoms. The van der Waals surface area contributed by atoms with E-state index in [1.807, 2.05) is 0 Å². The summed E-state index contributed by atoms with van der Waals surface area (Å²) >= 11 is 0. The molecule has 17 heteroatoms. The monoisotopic (exact) mass is 539 g/mol. The van der Waals surface area contributed by atoms with Crippen molar-refractivity contribution in [1.29, 1.82) is 0 Å². The van der Waals surface area contributed by atoms with Gasteiger partial charge in [0.15, 0.2) is 11.4 Å². The Kier molecular flexibility index (Phi) is 6.75. The molecular weight excluding hydrogens is 520 g/mol. The number of hydrogen-bond acceptors (Lipinski definition) is 8. The van der Waals surface area contributed by atoms with Crippen LogP contribution in [-0.4, -0.2) is 42.6 Å². The van der Waals surface area contributed by atoms with Gasteiger partial charge in [0.1, 0.15) is 0 Å². The summed E-state index contributed by atoms with van der Waals surface area (Å²) < 4.78 is 133. The first kappa shape index (κ1) is 26.3. The summed E-state index contributed by atoms with van der Waals surface area (Å²) in [6.45, 7) is 3.18.